The van der Waals surface area contributed by atoms with Crippen molar-refractivity contribution in [3.8, 4) is 0 Å². The van der Waals surface area contributed by atoms with Crippen molar-refractivity contribution in [2.45, 2.75) is 52.5 Å². The van der Waals surface area contributed by atoms with Gasteiger partial charge in [-0.2, -0.15) is 0 Å². The van der Waals surface area contributed by atoms with E-state index in [1.165, 1.54) is 25.7 Å². The molecule has 0 bridgehead atoms. The molecular formula is C12H25NO. The van der Waals surface area contributed by atoms with E-state index < -0.39 is 0 Å². The highest BCUT2D eigenvalue weighted by Gasteiger charge is 2.27. The van der Waals surface area contributed by atoms with Crippen molar-refractivity contribution < 1.29 is 4.74 Å². The Hall–Kier alpha value is -0.0800. The van der Waals surface area contributed by atoms with E-state index in [9.17, 15) is 0 Å². The van der Waals surface area contributed by atoms with E-state index in [1.807, 2.05) is 6.92 Å². The molecule has 1 aliphatic rings. The Morgan fingerprint density at radius 1 is 1.43 bits per heavy atom. The summed E-state index contributed by atoms with van der Waals surface area (Å²) in [5.74, 6) is 0. The van der Waals surface area contributed by atoms with Crippen LogP contribution in [0.3, 0.4) is 0 Å². The summed E-state index contributed by atoms with van der Waals surface area (Å²) in [4.78, 5) is 0. The maximum Gasteiger partial charge on any atom is 0.0590 e. The molecule has 0 aromatic heterocycles. The zero-order chi connectivity index (χ0) is 10.4. The second-order valence-corrected chi connectivity index (χ2v) is 5.11. The van der Waals surface area contributed by atoms with E-state index in [2.05, 4.69) is 19.2 Å². The molecule has 0 aromatic carbocycles. The molecule has 0 aromatic rings. The molecule has 0 unspecified atom stereocenters. The maximum absolute atomic E-state index is 5.31. The van der Waals surface area contributed by atoms with Crippen LogP contribution < -0.4 is 5.32 Å². The van der Waals surface area contributed by atoms with Crippen molar-refractivity contribution >= 4 is 0 Å². The smallest absolute Gasteiger partial charge is 0.0590 e. The van der Waals surface area contributed by atoms with Gasteiger partial charge in [-0.25, -0.2) is 0 Å². The lowest BCUT2D eigenvalue weighted by molar-refractivity contribution is 0.136. The van der Waals surface area contributed by atoms with Crippen LogP contribution in [-0.4, -0.2) is 25.8 Å². The van der Waals surface area contributed by atoms with E-state index in [1.54, 1.807) is 0 Å². The fraction of sp³-hybridized carbons (Fsp3) is 1.00. The molecular weight excluding hydrogens is 174 g/mol. The summed E-state index contributed by atoms with van der Waals surface area (Å²) < 4.78 is 5.31. The van der Waals surface area contributed by atoms with Gasteiger partial charge in [-0.15, -0.1) is 0 Å². The monoisotopic (exact) mass is 199 g/mol. The second kappa shape index (κ2) is 5.72. The predicted octanol–water partition coefficient (Wildman–Crippen LogP) is 2.58. The molecule has 1 fully saturated rings. The summed E-state index contributed by atoms with van der Waals surface area (Å²) in [6.07, 6.45) is 5.42. The topological polar surface area (TPSA) is 21.3 Å². The van der Waals surface area contributed by atoms with Crippen LogP contribution in [0.2, 0.25) is 0 Å². The zero-order valence-corrected chi connectivity index (χ0v) is 9.94. The largest absolute Gasteiger partial charge is 0.380 e. The fourth-order valence-corrected chi connectivity index (χ4v) is 2.35. The van der Waals surface area contributed by atoms with E-state index in [4.69, 9.17) is 4.74 Å². The van der Waals surface area contributed by atoms with Crippen LogP contribution in [0.25, 0.3) is 0 Å². The normalized spacial score (nSPS) is 26.4. The van der Waals surface area contributed by atoms with E-state index >= 15 is 0 Å². The third-order valence-corrected chi connectivity index (χ3v) is 3.09. The van der Waals surface area contributed by atoms with Crippen molar-refractivity contribution in [2.24, 2.45) is 5.41 Å². The molecule has 0 aliphatic heterocycles. The van der Waals surface area contributed by atoms with Crippen molar-refractivity contribution in [1.29, 1.82) is 0 Å². The molecule has 84 valence electrons. The Bertz CT molecular complexity index is 156. The Balaban J connectivity index is 2.12. The van der Waals surface area contributed by atoms with Crippen molar-refractivity contribution in [3.63, 3.8) is 0 Å². The molecule has 1 saturated carbocycles. The Morgan fingerprint density at radius 3 is 2.86 bits per heavy atom. The van der Waals surface area contributed by atoms with Crippen LogP contribution in [0.15, 0.2) is 0 Å². The fourth-order valence-electron chi connectivity index (χ4n) is 2.35. The number of hydrogen-bond acceptors (Lipinski definition) is 2. The molecule has 1 N–H and O–H groups in total. The maximum atomic E-state index is 5.31. The van der Waals surface area contributed by atoms with Crippen LogP contribution in [0.1, 0.15) is 46.5 Å². The summed E-state index contributed by atoms with van der Waals surface area (Å²) in [6.45, 7) is 9.50. The van der Waals surface area contributed by atoms with Gasteiger partial charge in [-0.3, -0.25) is 0 Å². The minimum absolute atomic E-state index is 0.543. The van der Waals surface area contributed by atoms with Crippen molar-refractivity contribution in [2.75, 3.05) is 19.8 Å². The Morgan fingerprint density at radius 2 is 2.21 bits per heavy atom. The van der Waals surface area contributed by atoms with Crippen LogP contribution in [0, 0.1) is 5.41 Å². The van der Waals surface area contributed by atoms with Gasteiger partial charge in [-0.1, -0.05) is 20.3 Å². The highest BCUT2D eigenvalue weighted by atomic mass is 16.5. The molecule has 1 rings (SSSR count). The summed E-state index contributed by atoms with van der Waals surface area (Å²) in [6, 6.07) is 0.721. The molecule has 2 heteroatoms. The average Bonchev–Trinajstić information content (AvgIpc) is 2.11. The quantitative estimate of drug-likeness (QED) is 0.687. The average molecular weight is 199 g/mol. The Kier molecular flexibility index (Phi) is 4.90. The first-order valence-electron chi connectivity index (χ1n) is 5.95. The molecule has 1 aliphatic carbocycles. The van der Waals surface area contributed by atoms with Crippen LogP contribution in [0.5, 0.6) is 0 Å². The van der Waals surface area contributed by atoms with Crippen LogP contribution in [0.4, 0.5) is 0 Å². The SMILES string of the molecule is CCOCCN[C@@H]1CCCC(C)(C)C1. The van der Waals surface area contributed by atoms with Crippen molar-refractivity contribution in [3.05, 3.63) is 0 Å². The number of hydrogen-bond donors (Lipinski definition) is 1. The number of ether oxygens (including phenoxy) is 1. The third-order valence-electron chi connectivity index (χ3n) is 3.09. The zero-order valence-electron chi connectivity index (χ0n) is 9.94. The van der Waals surface area contributed by atoms with Gasteiger partial charge in [0.1, 0.15) is 0 Å². The molecule has 0 heterocycles. The first-order chi connectivity index (χ1) is 6.64. The molecule has 0 spiro atoms. The number of rotatable bonds is 5. The highest BCUT2D eigenvalue weighted by molar-refractivity contribution is 4.83. The van der Waals surface area contributed by atoms with Gasteiger partial charge in [0, 0.05) is 19.2 Å². The second-order valence-electron chi connectivity index (χ2n) is 5.11. The van der Waals surface area contributed by atoms with Gasteiger partial charge in [0.05, 0.1) is 6.61 Å². The summed E-state index contributed by atoms with van der Waals surface area (Å²) in [5, 5.41) is 3.59. The standard InChI is InChI=1S/C12H25NO/c1-4-14-9-8-13-11-6-5-7-12(2,3)10-11/h11,13H,4-10H2,1-3H3/t11-/m1/s1. The summed E-state index contributed by atoms with van der Waals surface area (Å²) >= 11 is 0. The minimum Gasteiger partial charge on any atom is -0.380 e. The van der Waals surface area contributed by atoms with Crippen molar-refractivity contribution in [1.82, 2.24) is 5.32 Å². The Labute approximate surface area is 88.4 Å². The lowest BCUT2D eigenvalue weighted by atomic mass is 9.75. The molecule has 14 heavy (non-hydrogen) atoms. The van der Waals surface area contributed by atoms with Crippen LogP contribution in [-0.2, 0) is 4.74 Å². The number of nitrogens with one attached hydrogen (secondary N) is 1. The first kappa shape index (κ1) is 12.0. The van der Waals surface area contributed by atoms with E-state index in [0.717, 1.165) is 25.8 Å². The molecule has 2 nitrogen and oxygen atoms in total. The van der Waals surface area contributed by atoms with E-state index in [-0.39, 0.29) is 0 Å². The molecule has 0 amide bonds. The first-order valence-corrected chi connectivity index (χ1v) is 5.95. The molecule has 0 saturated heterocycles. The summed E-state index contributed by atoms with van der Waals surface area (Å²) in [7, 11) is 0. The van der Waals surface area contributed by atoms with Gasteiger partial charge in [0.25, 0.3) is 0 Å². The lowest BCUT2D eigenvalue weighted by Gasteiger charge is -2.35. The van der Waals surface area contributed by atoms with Crippen LogP contribution >= 0.6 is 0 Å². The molecule has 0 radical (unpaired) electrons. The van der Waals surface area contributed by atoms with Gasteiger partial charge < -0.3 is 10.1 Å². The van der Waals surface area contributed by atoms with Gasteiger partial charge in [-0.05, 0) is 31.6 Å². The van der Waals surface area contributed by atoms with E-state index in [0.29, 0.717) is 5.41 Å². The van der Waals surface area contributed by atoms with Gasteiger partial charge in [0.15, 0.2) is 0 Å². The van der Waals surface area contributed by atoms with Gasteiger partial charge in [0.2, 0.25) is 0 Å². The summed E-state index contributed by atoms with van der Waals surface area (Å²) in [5.41, 5.74) is 0.543. The third kappa shape index (κ3) is 4.43. The predicted molar refractivity (Wildman–Crippen MR) is 60.5 cm³/mol. The lowest BCUT2D eigenvalue weighted by Crippen LogP contribution is -2.38. The highest BCUT2D eigenvalue weighted by Crippen LogP contribution is 2.34. The minimum atomic E-state index is 0.543. The van der Waals surface area contributed by atoms with Gasteiger partial charge >= 0.3 is 0 Å². The molecule has 1 atom stereocenters.